The monoisotopic (exact) mass is 359 g/mol. The minimum atomic E-state index is 0.486. The molecular weight excluding hydrogens is 342 g/mol. The van der Waals surface area contributed by atoms with Gasteiger partial charge in [0.1, 0.15) is 0 Å². The summed E-state index contributed by atoms with van der Waals surface area (Å²) in [6.07, 6.45) is 3.69. The van der Waals surface area contributed by atoms with Crippen LogP contribution in [-0.4, -0.2) is 6.54 Å². The summed E-state index contributed by atoms with van der Waals surface area (Å²) in [5, 5.41) is 3.63. The fraction of sp³-hybridized carbons (Fsp3) is 0.571. The topological polar surface area (TPSA) is 12.0 Å². The molecule has 3 heteroatoms. The number of rotatable bonds is 2. The molecule has 0 fully saturated rings. The Bertz CT molecular complexity index is 403. The maximum atomic E-state index is 3.72. The van der Waals surface area contributed by atoms with E-state index in [0.717, 1.165) is 12.5 Å². The summed E-state index contributed by atoms with van der Waals surface area (Å²) >= 11 is 7.42. The normalized spacial score (nSPS) is 24.2. The summed E-state index contributed by atoms with van der Waals surface area (Å²) < 4.78 is 2.50. The summed E-state index contributed by atoms with van der Waals surface area (Å²) in [5.74, 6) is 0.783. The molecule has 2 atom stereocenters. The number of benzene rings is 1. The highest BCUT2D eigenvalue weighted by Gasteiger charge is 2.25. The average Bonchev–Trinajstić information content (AvgIpc) is 2.45. The fourth-order valence-electron chi connectivity index (χ4n) is 2.70. The fourth-order valence-corrected chi connectivity index (χ4v) is 3.89. The smallest absolute Gasteiger partial charge is 0.0336 e. The van der Waals surface area contributed by atoms with Gasteiger partial charge in [-0.25, -0.2) is 0 Å². The van der Waals surface area contributed by atoms with E-state index >= 15 is 0 Å². The van der Waals surface area contributed by atoms with Crippen molar-refractivity contribution in [2.24, 2.45) is 5.92 Å². The standard InChI is InChI=1S/C14H19Br2N/c1-3-17-13-8-9(2)4-5-10-11(15)6-7-12(16)14(10)13/h6-7,9,13,17H,3-5,8H2,1-2H3. The zero-order chi connectivity index (χ0) is 12.4. The first-order valence-corrected chi connectivity index (χ1v) is 7.92. The molecule has 0 radical (unpaired) electrons. The molecule has 94 valence electrons. The molecule has 1 nitrogen and oxygen atoms in total. The van der Waals surface area contributed by atoms with Crippen LogP contribution < -0.4 is 5.32 Å². The Morgan fingerprint density at radius 1 is 1.29 bits per heavy atom. The van der Waals surface area contributed by atoms with Gasteiger partial charge in [0, 0.05) is 15.0 Å². The van der Waals surface area contributed by atoms with Crippen molar-refractivity contribution in [2.75, 3.05) is 6.54 Å². The van der Waals surface area contributed by atoms with Gasteiger partial charge in [0.25, 0.3) is 0 Å². The Kier molecular flexibility index (Phi) is 4.67. The Morgan fingerprint density at radius 2 is 2.00 bits per heavy atom. The first kappa shape index (κ1) is 13.6. The molecule has 2 rings (SSSR count). The maximum Gasteiger partial charge on any atom is 0.0336 e. The van der Waals surface area contributed by atoms with E-state index in [4.69, 9.17) is 0 Å². The molecule has 0 spiro atoms. The van der Waals surface area contributed by atoms with Crippen LogP contribution in [0.5, 0.6) is 0 Å². The molecule has 1 N–H and O–H groups in total. The van der Waals surface area contributed by atoms with Crippen LogP contribution in [0.2, 0.25) is 0 Å². The van der Waals surface area contributed by atoms with E-state index < -0.39 is 0 Å². The molecule has 17 heavy (non-hydrogen) atoms. The highest BCUT2D eigenvalue weighted by atomic mass is 79.9. The summed E-state index contributed by atoms with van der Waals surface area (Å²) in [5.41, 5.74) is 2.94. The molecular formula is C14H19Br2N. The third kappa shape index (κ3) is 2.94. The van der Waals surface area contributed by atoms with Gasteiger partial charge in [0.15, 0.2) is 0 Å². The minimum absolute atomic E-state index is 0.486. The Balaban J connectivity index is 2.47. The number of fused-ring (bicyclic) bond motifs is 1. The van der Waals surface area contributed by atoms with E-state index in [1.54, 1.807) is 0 Å². The first-order valence-electron chi connectivity index (χ1n) is 6.33. The lowest BCUT2D eigenvalue weighted by Crippen LogP contribution is -2.23. The zero-order valence-corrected chi connectivity index (χ0v) is 13.6. The maximum absolute atomic E-state index is 3.72. The van der Waals surface area contributed by atoms with Gasteiger partial charge in [0.2, 0.25) is 0 Å². The molecule has 0 saturated carbocycles. The Labute approximate surface area is 121 Å². The second-order valence-corrected chi connectivity index (χ2v) is 6.62. The third-order valence-electron chi connectivity index (χ3n) is 3.57. The second kappa shape index (κ2) is 5.85. The van der Waals surface area contributed by atoms with E-state index in [0.29, 0.717) is 6.04 Å². The van der Waals surface area contributed by atoms with Crippen LogP contribution in [0, 0.1) is 5.92 Å². The molecule has 0 bridgehead atoms. The van der Waals surface area contributed by atoms with Crippen molar-refractivity contribution in [3.63, 3.8) is 0 Å². The van der Waals surface area contributed by atoms with E-state index in [-0.39, 0.29) is 0 Å². The molecule has 1 aliphatic rings. The first-order chi connectivity index (χ1) is 8.13. The van der Waals surface area contributed by atoms with Crippen molar-refractivity contribution in [1.82, 2.24) is 5.32 Å². The summed E-state index contributed by atoms with van der Waals surface area (Å²) in [4.78, 5) is 0. The summed E-state index contributed by atoms with van der Waals surface area (Å²) in [6, 6.07) is 4.80. The van der Waals surface area contributed by atoms with E-state index in [1.165, 1.54) is 39.3 Å². The van der Waals surface area contributed by atoms with Crippen molar-refractivity contribution >= 4 is 31.9 Å². The zero-order valence-electron chi connectivity index (χ0n) is 10.4. The van der Waals surface area contributed by atoms with Gasteiger partial charge in [-0.15, -0.1) is 0 Å². The van der Waals surface area contributed by atoms with Crippen LogP contribution in [0.25, 0.3) is 0 Å². The average molecular weight is 361 g/mol. The van der Waals surface area contributed by atoms with Gasteiger partial charge in [0.05, 0.1) is 0 Å². The molecule has 0 aromatic heterocycles. The highest BCUT2D eigenvalue weighted by molar-refractivity contribution is 9.11. The van der Waals surface area contributed by atoms with Crippen LogP contribution in [-0.2, 0) is 6.42 Å². The number of hydrogen-bond donors (Lipinski definition) is 1. The van der Waals surface area contributed by atoms with E-state index in [2.05, 4.69) is 63.2 Å². The largest absolute Gasteiger partial charge is 0.310 e. The molecule has 1 aromatic rings. The van der Waals surface area contributed by atoms with Crippen molar-refractivity contribution in [2.45, 2.75) is 39.2 Å². The molecule has 0 aliphatic heterocycles. The lowest BCUT2D eigenvalue weighted by molar-refractivity contribution is 0.414. The van der Waals surface area contributed by atoms with Gasteiger partial charge >= 0.3 is 0 Å². The highest BCUT2D eigenvalue weighted by Crippen LogP contribution is 2.39. The van der Waals surface area contributed by atoms with Gasteiger partial charge in [-0.2, -0.15) is 0 Å². The number of nitrogens with one attached hydrogen (secondary N) is 1. The van der Waals surface area contributed by atoms with Crippen LogP contribution in [0.4, 0.5) is 0 Å². The number of halogens is 2. The van der Waals surface area contributed by atoms with Crippen molar-refractivity contribution < 1.29 is 0 Å². The predicted octanol–water partition coefficient (Wildman–Crippen LogP) is 4.83. The van der Waals surface area contributed by atoms with Crippen LogP contribution in [0.3, 0.4) is 0 Å². The second-order valence-electron chi connectivity index (χ2n) is 4.91. The van der Waals surface area contributed by atoms with Crippen LogP contribution >= 0.6 is 31.9 Å². The summed E-state index contributed by atoms with van der Waals surface area (Å²) in [7, 11) is 0. The molecule has 0 heterocycles. The van der Waals surface area contributed by atoms with Crippen molar-refractivity contribution in [1.29, 1.82) is 0 Å². The number of hydrogen-bond acceptors (Lipinski definition) is 1. The lowest BCUT2D eigenvalue weighted by Gasteiger charge is -2.22. The molecule has 1 aromatic carbocycles. The van der Waals surface area contributed by atoms with E-state index in [1.807, 2.05) is 0 Å². The van der Waals surface area contributed by atoms with Crippen molar-refractivity contribution in [3.05, 3.63) is 32.2 Å². The van der Waals surface area contributed by atoms with Gasteiger partial charge < -0.3 is 5.32 Å². The predicted molar refractivity (Wildman–Crippen MR) is 80.4 cm³/mol. The molecule has 0 amide bonds. The minimum Gasteiger partial charge on any atom is -0.310 e. The molecule has 0 saturated heterocycles. The van der Waals surface area contributed by atoms with Crippen LogP contribution in [0.1, 0.15) is 43.9 Å². The van der Waals surface area contributed by atoms with Crippen LogP contribution in [0.15, 0.2) is 21.1 Å². The molecule has 1 aliphatic carbocycles. The third-order valence-corrected chi connectivity index (χ3v) is 5.01. The van der Waals surface area contributed by atoms with Gasteiger partial charge in [-0.1, -0.05) is 45.7 Å². The Morgan fingerprint density at radius 3 is 2.71 bits per heavy atom. The quantitative estimate of drug-likeness (QED) is 0.744. The lowest BCUT2D eigenvalue weighted by atomic mass is 9.97. The SMILES string of the molecule is CCNC1CC(C)CCc2c(Br)ccc(Br)c21. The molecule has 2 unspecified atom stereocenters. The van der Waals surface area contributed by atoms with Gasteiger partial charge in [-0.05, 0) is 55.0 Å². The van der Waals surface area contributed by atoms with E-state index in [9.17, 15) is 0 Å². The summed E-state index contributed by atoms with van der Waals surface area (Å²) in [6.45, 7) is 5.56. The van der Waals surface area contributed by atoms with Gasteiger partial charge in [-0.3, -0.25) is 0 Å². The van der Waals surface area contributed by atoms with Crippen molar-refractivity contribution in [3.8, 4) is 0 Å². The Hall–Kier alpha value is 0.140.